The molecule has 2 fully saturated rings. The Labute approximate surface area is 166 Å². The summed E-state index contributed by atoms with van der Waals surface area (Å²) in [6, 6.07) is 12.6. The molecule has 0 bridgehead atoms. The predicted molar refractivity (Wildman–Crippen MR) is 109 cm³/mol. The molecule has 144 valence electrons. The topological polar surface area (TPSA) is 31.7 Å². The summed E-state index contributed by atoms with van der Waals surface area (Å²) in [7, 11) is 2.08. The number of carbonyl (C=O) groups excluding carboxylic acids is 1. The van der Waals surface area contributed by atoms with Crippen molar-refractivity contribution in [2.24, 2.45) is 7.05 Å². The molecule has 1 aromatic heterocycles. The first-order valence-corrected chi connectivity index (χ1v) is 10.1. The standard InChI is InChI=1S/C21H27ClN4O/c1-23-10-4-8-19(23)20-9-5-11-26(20)16-21(27)25-14-12-24(13-15-25)18-7-3-2-6-17(18)22/h2-4,6-8,10,20H,5,9,11-16H2,1H3/t20-/m0/s1. The van der Waals surface area contributed by atoms with Crippen molar-refractivity contribution >= 4 is 23.2 Å². The van der Waals surface area contributed by atoms with Crippen LogP contribution in [-0.4, -0.2) is 59.5 Å². The maximum atomic E-state index is 12.9. The first-order chi connectivity index (χ1) is 13.1. The SMILES string of the molecule is Cn1cccc1[C@@H]1CCCN1CC(=O)N1CCN(c2ccccc2Cl)CC1. The molecular weight excluding hydrogens is 360 g/mol. The van der Waals surface area contributed by atoms with Gasteiger partial charge in [0, 0.05) is 45.1 Å². The van der Waals surface area contributed by atoms with E-state index >= 15 is 0 Å². The Balaban J connectivity index is 1.34. The fourth-order valence-corrected chi connectivity index (χ4v) is 4.60. The van der Waals surface area contributed by atoms with Crippen molar-refractivity contribution in [3.8, 4) is 0 Å². The number of amides is 1. The summed E-state index contributed by atoms with van der Waals surface area (Å²) in [5.74, 6) is 0.245. The van der Waals surface area contributed by atoms with Crippen molar-refractivity contribution in [2.45, 2.75) is 18.9 Å². The highest BCUT2D eigenvalue weighted by Crippen LogP contribution is 2.32. The van der Waals surface area contributed by atoms with Gasteiger partial charge in [-0.3, -0.25) is 9.69 Å². The molecule has 0 unspecified atom stereocenters. The third-order valence-corrected chi connectivity index (χ3v) is 6.17. The molecule has 0 saturated carbocycles. The monoisotopic (exact) mass is 386 g/mol. The molecule has 0 spiro atoms. The number of piperazine rings is 1. The van der Waals surface area contributed by atoms with Crippen LogP contribution in [0, 0.1) is 0 Å². The van der Waals surface area contributed by atoms with Crippen molar-refractivity contribution in [1.82, 2.24) is 14.4 Å². The molecule has 0 N–H and O–H groups in total. The van der Waals surface area contributed by atoms with Crippen molar-refractivity contribution in [3.63, 3.8) is 0 Å². The van der Waals surface area contributed by atoms with Gasteiger partial charge in [-0.05, 0) is 43.7 Å². The summed E-state index contributed by atoms with van der Waals surface area (Å²) in [5, 5.41) is 0.778. The van der Waals surface area contributed by atoms with E-state index < -0.39 is 0 Å². The van der Waals surface area contributed by atoms with Crippen LogP contribution < -0.4 is 4.90 Å². The average Bonchev–Trinajstić information content (AvgIpc) is 3.30. The number of hydrogen-bond donors (Lipinski definition) is 0. The highest BCUT2D eigenvalue weighted by Gasteiger charge is 2.31. The number of rotatable bonds is 4. The van der Waals surface area contributed by atoms with Crippen LogP contribution >= 0.6 is 11.6 Å². The van der Waals surface area contributed by atoms with E-state index in [4.69, 9.17) is 11.6 Å². The van der Waals surface area contributed by atoms with E-state index in [0.717, 1.165) is 56.3 Å². The van der Waals surface area contributed by atoms with E-state index in [9.17, 15) is 4.79 Å². The lowest BCUT2D eigenvalue weighted by molar-refractivity contribution is -0.133. The van der Waals surface area contributed by atoms with Gasteiger partial charge in [-0.25, -0.2) is 0 Å². The van der Waals surface area contributed by atoms with E-state index in [2.05, 4.69) is 45.8 Å². The van der Waals surface area contributed by atoms with E-state index in [1.54, 1.807) is 0 Å². The Morgan fingerprint density at radius 2 is 1.85 bits per heavy atom. The van der Waals surface area contributed by atoms with E-state index in [1.807, 2.05) is 23.1 Å². The van der Waals surface area contributed by atoms with Crippen LogP contribution in [0.4, 0.5) is 5.69 Å². The third kappa shape index (κ3) is 3.85. The molecule has 6 heteroatoms. The van der Waals surface area contributed by atoms with Gasteiger partial charge < -0.3 is 14.4 Å². The number of aryl methyl sites for hydroxylation is 1. The van der Waals surface area contributed by atoms with Gasteiger partial charge in [-0.1, -0.05) is 23.7 Å². The molecule has 4 rings (SSSR count). The zero-order valence-electron chi connectivity index (χ0n) is 15.9. The summed E-state index contributed by atoms with van der Waals surface area (Å²) in [4.78, 5) is 19.5. The second-order valence-corrected chi connectivity index (χ2v) is 7.90. The van der Waals surface area contributed by atoms with E-state index in [0.29, 0.717) is 12.6 Å². The number of nitrogens with zero attached hydrogens (tertiary/aromatic N) is 4. The van der Waals surface area contributed by atoms with E-state index in [-0.39, 0.29) is 5.91 Å². The van der Waals surface area contributed by atoms with Crippen LogP contribution in [0.1, 0.15) is 24.6 Å². The molecule has 2 aliphatic rings. The number of para-hydroxylation sites is 1. The lowest BCUT2D eigenvalue weighted by Gasteiger charge is -2.37. The number of hydrogen-bond acceptors (Lipinski definition) is 3. The highest BCUT2D eigenvalue weighted by atomic mass is 35.5. The van der Waals surface area contributed by atoms with Crippen molar-refractivity contribution < 1.29 is 4.79 Å². The van der Waals surface area contributed by atoms with Crippen LogP contribution in [0.3, 0.4) is 0 Å². The molecule has 0 aliphatic carbocycles. The maximum Gasteiger partial charge on any atom is 0.236 e. The van der Waals surface area contributed by atoms with Crippen LogP contribution in [0.25, 0.3) is 0 Å². The summed E-state index contributed by atoms with van der Waals surface area (Å²) in [6.07, 6.45) is 4.37. The van der Waals surface area contributed by atoms with Gasteiger partial charge >= 0.3 is 0 Å². The number of likely N-dealkylation sites (tertiary alicyclic amines) is 1. The number of carbonyl (C=O) groups is 1. The summed E-state index contributed by atoms with van der Waals surface area (Å²) in [5.41, 5.74) is 2.37. The molecule has 1 aromatic carbocycles. The average molecular weight is 387 g/mol. The highest BCUT2D eigenvalue weighted by molar-refractivity contribution is 6.33. The fourth-order valence-electron chi connectivity index (χ4n) is 4.35. The first-order valence-electron chi connectivity index (χ1n) is 9.76. The quantitative estimate of drug-likeness (QED) is 0.808. The van der Waals surface area contributed by atoms with Crippen LogP contribution in [-0.2, 0) is 11.8 Å². The molecule has 2 aliphatic heterocycles. The Kier molecular flexibility index (Phi) is 5.41. The molecule has 1 amide bonds. The normalized spacial score (nSPS) is 21.0. The Bertz CT molecular complexity index is 797. The van der Waals surface area contributed by atoms with Gasteiger partial charge in [0.2, 0.25) is 5.91 Å². The smallest absolute Gasteiger partial charge is 0.236 e. The summed E-state index contributed by atoms with van der Waals surface area (Å²) in [6.45, 7) is 4.69. The number of anilines is 1. The number of aromatic nitrogens is 1. The Morgan fingerprint density at radius 1 is 1.07 bits per heavy atom. The molecule has 1 atom stereocenters. The minimum absolute atomic E-state index is 0.245. The van der Waals surface area contributed by atoms with Crippen LogP contribution in [0.15, 0.2) is 42.6 Å². The third-order valence-electron chi connectivity index (χ3n) is 5.85. The largest absolute Gasteiger partial charge is 0.367 e. The van der Waals surface area contributed by atoms with Crippen LogP contribution in [0.5, 0.6) is 0 Å². The molecule has 3 heterocycles. The van der Waals surface area contributed by atoms with Crippen molar-refractivity contribution in [3.05, 3.63) is 53.3 Å². The van der Waals surface area contributed by atoms with Gasteiger partial charge in [0.25, 0.3) is 0 Å². The van der Waals surface area contributed by atoms with Gasteiger partial charge in [0.1, 0.15) is 0 Å². The minimum Gasteiger partial charge on any atom is -0.367 e. The Hall–Kier alpha value is -1.98. The molecule has 2 aromatic rings. The van der Waals surface area contributed by atoms with Crippen molar-refractivity contribution in [2.75, 3.05) is 44.2 Å². The van der Waals surface area contributed by atoms with Crippen LogP contribution in [0.2, 0.25) is 5.02 Å². The second kappa shape index (κ2) is 7.95. The second-order valence-electron chi connectivity index (χ2n) is 7.49. The number of halogens is 1. The molecule has 0 radical (unpaired) electrons. The van der Waals surface area contributed by atoms with Gasteiger partial charge in [0.15, 0.2) is 0 Å². The van der Waals surface area contributed by atoms with Gasteiger partial charge in [-0.15, -0.1) is 0 Å². The van der Waals surface area contributed by atoms with Gasteiger partial charge in [-0.2, -0.15) is 0 Å². The molecule has 27 heavy (non-hydrogen) atoms. The predicted octanol–water partition coefficient (Wildman–Crippen LogP) is 3.16. The maximum absolute atomic E-state index is 12.9. The fraction of sp³-hybridized carbons (Fsp3) is 0.476. The zero-order chi connectivity index (χ0) is 18.8. The molecule has 5 nitrogen and oxygen atoms in total. The first kappa shape index (κ1) is 18.4. The lowest BCUT2D eigenvalue weighted by Crippen LogP contribution is -2.51. The summed E-state index contributed by atoms with van der Waals surface area (Å²) >= 11 is 6.32. The van der Waals surface area contributed by atoms with E-state index in [1.165, 1.54) is 5.69 Å². The van der Waals surface area contributed by atoms with Gasteiger partial charge in [0.05, 0.1) is 23.3 Å². The summed E-state index contributed by atoms with van der Waals surface area (Å²) < 4.78 is 2.18. The lowest BCUT2D eigenvalue weighted by atomic mass is 10.1. The number of benzene rings is 1. The minimum atomic E-state index is 0.245. The molecular formula is C21H27ClN4O. The zero-order valence-corrected chi connectivity index (χ0v) is 16.6. The Morgan fingerprint density at radius 3 is 2.56 bits per heavy atom. The van der Waals surface area contributed by atoms with Crippen molar-refractivity contribution in [1.29, 1.82) is 0 Å². The molecule has 2 saturated heterocycles.